The summed E-state index contributed by atoms with van der Waals surface area (Å²) in [5.74, 6) is -1.00. The first kappa shape index (κ1) is 22.5. The molecular formula is C22H10Cl4N4OS. The number of rotatable bonds is 2. The number of nitrogens with two attached hydrogens (primary N) is 1. The van der Waals surface area contributed by atoms with E-state index in [0.717, 1.165) is 15.9 Å². The molecule has 1 atom stereocenters. The molecule has 0 amide bonds. The minimum absolute atomic E-state index is 0.00581. The number of fused-ring (bicyclic) bond motifs is 1. The van der Waals surface area contributed by atoms with Crippen LogP contribution in [0.1, 0.15) is 17.0 Å². The van der Waals surface area contributed by atoms with Gasteiger partial charge in [0.15, 0.2) is 0 Å². The van der Waals surface area contributed by atoms with Gasteiger partial charge in [-0.3, -0.25) is 9.36 Å². The van der Waals surface area contributed by atoms with Crippen molar-refractivity contribution in [2.45, 2.75) is 5.92 Å². The van der Waals surface area contributed by atoms with Crippen molar-refractivity contribution in [3.63, 3.8) is 0 Å². The van der Waals surface area contributed by atoms with Gasteiger partial charge in [0.2, 0.25) is 0 Å². The van der Waals surface area contributed by atoms with Gasteiger partial charge in [-0.25, -0.2) is 0 Å². The first-order chi connectivity index (χ1) is 15.3. The fourth-order valence-corrected chi connectivity index (χ4v) is 5.74. The van der Waals surface area contributed by atoms with Crippen molar-refractivity contribution >= 4 is 75.2 Å². The zero-order chi connectivity index (χ0) is 23.2. The number of nitriles is 2. The Balaban J connectivity index is 2.13. The van der Waals surface area contributed by atoms with Gasteiger partial charge in [-0.1, -0.05) is 58.5 Å². The average Bonchev–Trinajstić information content (AvgIpc) is 3.07. The summed E-state index contributed by atoms with van der Waals surface area (Å²) in [5, 5.41) is 21.2. The number of aromatic nitrogens is 1. The van der Waals surface area contributed by atoms with E-state index in [2.05, 4.69) is 6.07 Å². The Morgan fingerprint density at radius 2 is 1.47 bits per heavy atom. The quantitative estimate of drug-likeness (QED) is 0.540. The molecule has 0 aliphatic carbocycles. The van der Waals surface area contributed by atoms with Gasteiger partial charge in [0.1, 0.15) is 10.5 Å². The molecule has 0 spiro atoms. The molecule has 5 nitrogen and oxygen atoms in total. The van der Waals surface area contributed by atoms with Gasteiger partial charge in [0.25, 0.3) is 5.56 Å². The summed E-state index contributed by atoms with van der Waals surface area (Å²) in [7, 11) is 0. The Kier molecular flexibility index (Phi) is 6.09. The molecule has 0 fully saturated rings. The van der Waals surface area contributed by atoms with Crippen molar-refractivity contribution < 1.29 is 0 Å². The largest absolute Gasteiger partial charge is 0.384 e. The van der Waals surface area contributed by atoms with Gasteiger partial charge in [-0.2, -0.15) is 10.5 Å². The van der Waals surface area contributed by atoms with Crippen LogP contribution in [0, 0.1) is 22.7 Å². The zero-order valence-electron chi connectivity index (χ0n) is 15.9. The number of allylic oxidation sites excluding steroid dienone is 1. The highest BCUT2D eigenvalue weighted by Crippen LogP contribution is 2.42. The highest BCUT2D eigenvalue weighted by molar-refractivity contribution is 7.07. The van der Waals surface area contributed by atoms with Crippen LogP contribution in [0.5, 0.6) is 0 Å². The van der Waals surface area contributed by atoms with Gasteiger partial charge in [0, 0.05) is 31.2 Å². The molecule has 1 aromatic heterocycles. The van der Waals surface area contributed by atoms with E-state index in [1.807, 2.05) is 6.07 Å². The van der Waals surface area contributed by atoms with Gasteiger partial charge in [-0.15, -0.1) is 11.3 Å². The number of hydrogen-bond acceptors (Lipinski definition) is 5. The second kappa shape index (κ2) is 8.67. The summed E-state index contributed by atoms with van der Waals surface area (Å²) >= 11 is 26.3. The molecule has 0 saturated carbocycles. The minimum Gasteiger partial charge on any atom is -0.384 e. The molecule has 2 aromatic carbocycles. The lowest BCUT2D eigenvalue weighted by Crippen LogP contribution is -2.38. The molecule has 0 saturated heterocycles. The van der Waals surface area contributed by atoms with Crippen molar-refractivity contribution in [2.75, 3.05) is 0 Å². The van der Waals surface area contributed by atoms with E-state index in [1.165, 1.54) is 6.08 Å². The molecule has 0 bridgehead atoms. The molecule has 32 heavy (non-hydrogen) atoms. The maximum absolute atomic E-state index is 13.2. The smallest absolute Gasteiger partial charge is 0.274 e. The van der Waals surface area contributed by atoms with Crippen LogP contribution in [0.25, 0.3) is 17.5 Å². The fourth-order valence-electron chi connectivity index (χ4n) is 3.51. The lowest BCUT2D eigenvalue weighted by atomic mass is 9.84. The number of nitrogens with zero attached hydrogens (tertiary/aromatic N) is 3. The molecule has 3 aromatic rings. The predicted octanol–water partition coefficient (Wildman–Crippen LogP) is 4.47. The van der Waals surface area contributed by atoms with Crippen LogP contribution in [0.15, 0.2) is 46.8 Å². The first-order valence-electron chi connectivity index (χ1n) is 8.96. The third-order valence-electron chi connectivity index (χ3n) is 4.95. The summed E-state index contributed by atoms with van der Waals surface area (Å²) < 4.78 is 1.68. The van der Waals surface area contributed by atoms with Gasteiger partial charge >= 0.3 is 0 Å². The molecule has 10 heteroatoms. The Hall–Kier alpha value is -2.71. The molecule has 1 aliphatic rings. The first-order valence-corrected chi connectivity index (χ1v) is 11.3. The van der Waals surface area contributed by atoms with Crippen LogP contribution in [-0.4, -0.2) is 4.57 Å². The topological polar surface area (TPSA) is 95.6 Å². The highest BCUT2D eigenvalue weighted by atomic mass is 35.5. The lowest BCUT2D eigenvalue weighted by Gasteiger charge is -2.23. The van der Waals surface area contributed by atoms with Crippen molar-refractivity contribution in [2.24, 2.45) is 5.73 Å². The van der Waals surface area contributed by atoms with E-state index < -0.39 is 11.5 Å². The van der Waals surface area contributed by atoms with Crippen LogP contribution in [0.2, 0.25) is 20.1 Å². The van der Waals surface area contributed by atoms with Crippen LogP contribution >= 0.6 is 57.7 Å². The maximum Gasteiger partial charge on any atom is 0.274 e. The average molecular weight is 520 g/mol. The third-order valence-corrected chi connectivity index (χ3v) is 7.38. The van der Waals surface area contributed by atoms with E-state index in [4.69, 9.17) is 52.1 Å². The Bertz CT molecular complexity index is 1550. The normalized spacial score (nSPS) is 16.0. The van der Waals surface area contributed by atoms with Crippen molar-refractivity contribution in [3.05, 3.63) is 92.7 Å². The predicted molar refractivity (Wildman–Crippen MR) is 129 cm³/mol. The second-order valence-corrected chi connectivity index (χ2v) is 9.36. The standard InChI is InChI=1S/C22H10Cl4N4OS/c23-13-3-1-4-14(24)10(13)7-17-21(31)30-20(29)11(8-27)18(12(9-28)22(30)32-17)19-15(25)5-2-6-16(19)26/h1-7,18H,29H2/b17-7-/t18-/m0/s1. The summed E-state index contributed by atoms with van der Waals surface area (Å²) in [6.45, 7) is 0. The van der Waals surface area contributed by atoms with E-state index in [9.17, 15) is 15.3 Å². The number of halogens is 4. The molecule has 2 heterocycles. The van der Waals surface area contributed by atoms with Crippen LogP contribution < -0.4 is 20.5 Å². The molecule has 2 N–H and O–H groups in total. The zero-order valence-corrected chi connectivity index (χ0v) is 19.7. The summed E-state index contributed by atoms with van der Waals surface area (Å²) in [4.78, 5) is 13.2. The highest BCUT2D eigenvalue weighted by Gasteiger charge is 2.34. The van der Waals surface area contributed by atoms with Crippen molar-refractivity contribution in [1.29, 1.82) is 10.5 Å². The minimum atomic E-state index is -0.916. The summed E-state index contributed by atoms with van der Waals surface area (Å²) in [6.07, 6.45) is 1.54. The number of thiazole rings is 1. The van der Waals surface area contributed by atoms with Gasteiger partial charge in [0.05, 0.1) is 33.7 Å². The molecule has 0 radical (unpaired) electrons. The van der Waals surface area contributed by atoms with E-state index in [1.54, 1.807) is 36.4 Å². The van der Waals surface area contributed by atoms with E-state index in [-0.39, 0.29) is 36.2 Å². The van der Waals surface area contributed by atoms with Crippen molar-refractivity contribution in [3.8, 4) is 12.1 Å². The molecule has 4 rings (SSSR count). The fraction of sp³-hybridized carbons (Fsp3) is 0.0455. The van der Waals surface area contributed by atoms with Crippen LogP contribution in [-0.2, 0) is 0 Å². The van der Waals surface area contributed by atoms with E-state index in [0.29, 0.717) is 21.2 Å². The van der Waals surface area contributed by atoms with Crippen LogP contribution in [0.3, 0.4) is 0 Å². The summed E-state index contributed by atoms with van der Waals surface area (Å²) in [5.41, 5.74) is 6.74. The third kappa shape index (κ3) is 3.51. The monoisotopic (exact) mass is 518 g/mol. The Labute approximate surface area is 206 Å². The number of benzene rings is 2. The van der Waals surface area contributed by atoms with E-state index >= 15 is 0 Å². The van der Waals surface area contributed by atoms with Gasteiger partial charge in [-0.05, 0) is 30.3 Å². The number of hydrogen-bond donors (Lipinski definition) is 1. The Morgan fingerprint density at radius 3 is 2.00 bits per heavy atom. The second-order valence-electron chi connectivity index (χ2n) is 6.70. The Morgan fingerprint density at radius 1 is 0.938 bits per heavy atom. The maximum atomic E-state index is 13.2. The molecule has 158 valence electrons. The molecule has 0 unspecified atom stereocenters. The molecular weight excluding hydrogens is 510 g/mol. The van der Waals surface area contributed by atoms with Crippen LogP contribution in [0.4, 0.5) is 0 Å². The molecule has 1 aliphatic heterocycles. The summed E-state index contributed by atoms with van der Waals surface area (Å²) in [6, 6.07) is 14.0. The van der Waals surface area contributed by atoms with Gasteiger partial charge < -0.3 is 5.73 Å². The van der Waals surface area contributed by atoms with Crippen molar-refractivity contribution in [1.82, 2.24) is 4.57 Å². The lowest BCUT2D eigenvalue weighted by molar-refractivity contribution is 0.906. The SMILES string of the molecule is N#CC1=C(N)n2c(s/c(=C\c3c(Cl)cccc3Cl)c2=O)=C(C#N)[C@H]1c1c(Cl)cccc1Cl.